The predicted molar refractivity (Wildman–Crippen MR) is 63.2 cm³/mol. The minimum absolute atomic E-state index is 0.0732. The van der Waals surface area contributed by atoms with Gasteiger partial charge >= 0.3 is 5.97 Å². The lowest BCUT2D eigenvalue weighted by Crippen LogP contribution is -2.30. The maximum Gasteiger partial charge on any atom is 0.325 e. The number of nitrogens with zero attached hydrogens (tertiary/aromatic N) is 1. The number of aliphatic hydroxyl groups excluding tert-OH is 1. The predicted octanol–water partition coefficient (Wildman–Crippen LogP) is 0.692. The van der Waals surface area contributed by atoms with Crippen molar-refractivity contribution in [3.05, 3.63) is 39.9 Å². The molecule has 0 aromatic heterocycles. The van der Waals surface area contributed by atoms with Crippen molar-refractivity contribution < 1.29 is 19.9 Å². The summed E-state index contributed by atoms with van der Waals surface area (Å²) in [5.74, 6) is -1.19. The monoisotopic (exact) mass is 254 g/mol. The Hall–Kier alpha value is -1.99. The van der Waals surface area contributed by atoms with E-state index in [1.807, 2.05) is 0 Å². The second-order valence-corrected chi connectivity index (χ2v) is 3.62. The van der Waals surface area contributed by atoms with Gasteiger partial charge < -0.3 is 15.5 Å². The zero-order chi connectivity index (χ0) is 13.5. The summed E-state index contributed by atoms with van der Waals surface area (Å²) < 4.78 is 0. The Kier molecular flexibility index (Phi) is 5.22. The van der Waals surface area contributed by atoms with Gasteiger partial charge in [0.25, 0.3) is 5.69 Å². The Balaban J connectivity index is 2.98. The maximum absolute atomic E-state index is 11.1. The quantitative estimate of drug-likeness (QED) is 0.375. The summed E-state index contributed by atoms with van der Waals surface area (Å²) >= 11 is 0. The molecule has 0 aliphatic heterocycles. The highest BCUT2D eigenvalue weighted by Crippen LogP contribution is 2.24. The number of nitro benzene ring substituents is 1. The molecule has 1 aromatic rings. The summed E-state index contributed by atoms with van der Waals surface area (Å²) in [5, 5.41) is 31.2. The molecule has 0 radical (unpaired) electrons. The highest BCUT2D eigenvalue weighted by molar-refractivity contribution is 5.77. The van der Waals surface area contributed by atoms with Crippen molar-refractivity contribution >= 4 is 11.7 Å². The topological polar surface area (TPSA) is 113 Å². The van der Waals surface area contributed by atoms with Gasteiger partial charge in [-0.1, -0.05) is 12.1 Å². The second-order valence-electron chi connectivity index (χ2n) is 3.62. The van der Waals surface area contributed by atoms with Gasteiger partial charge in [-0.15, -0.1) is 0 Å². The Morgan fingerprint density at radius 2 is 2.11 bits per heavy atom. The van der Waals surface area contributed by atoms with E-state index in [0.717, 1.165) is 0 Å². The fourth-order valence-electron chi connectivity index (χ4n) is 1.55. The van der Waals surface area contributed by atoms with E-state index in [2.05, 4.69) is 5.32 Å². The van der Waals surface area contributed by atoms with Crippen molar-refractivity contribution in [3.8, 4) is 0 Å². The van der Waals surface area contributed by atoms with E-state index in [9.17, 15) is 14.9 Å². The van der Waals surface area contributed by atoms with E-state index in [-0.39, 0.29) is 24.4 Å². The number of benzene rings is 1. The van der Waals surface area contributed by atoms with Crippen molar-refractivity contribution in [2.45, 2.75) is 12.5 Å². The van der Waals surface area contributed by atoms with Gasteiger partial charge in [0.15, 0.2) is 0 Å². The number of nitrogens with one attached hydrogen (secondary N) is 1. The third kappa shape index (κ3) is 3.51. The van der Waals surface area contributed by atoms with Crippen LogP contribution in [0.5, 0.6) is 0 Å². The average molecular weight is 254 g/mol. The molecule has 1 aromatic carbocycles. The lowest BCUT2D eigenvalue weighted by atomic mass is 10.0. The van der Waals surface area contributed by atoms with Gasteiger partial charge in [0, 0.05) is 12.7 Å². The number of carboxylic acids is 1. The number of carbonyl (C=O) groups is 1. The third-order valence-electron chi connectivity index (χ3n) is 2.37. The van der Waals surface area contributed by atoms with Gasteiger partial charge in [-0.05, 0) is 19.0 Å². The van der Waals surface area contributed by atoms with Crippen LogP contribution < -0.4 is 5.32 Å². The van der Waals surface area contributed by atoms with E-state index in [1.54, 1.807) is 6.07 Å². The molecule has 0 spiro atoms. The first-order valence-electron chi connectivity index (χ1n) is 5.38. The highest BCUT2D eigenvalue weighted by Gasteiger charge is 2.26. The fraction of sp³-hybridized carbons (Fsp3) is 0.364. The first kappa shape index (κ1) is 14.1. The summed E-state index contributed by atoms with van der Waals surface area (Å²) in [6, 6.07) is 4.54. The lowest BCUT2D eigenvalue weighted by molar-refractivity contribution is -0.385. The van der Waals surface area contributed by atoms with Crippen molar-refractivity contribution in [2.24, 2.45) is 0 Å². The van der Waals surface area contributed by atoms with Crippen LogP contribution in [0.1, 0.15) is 18.0 Å². The summed E-state index contributed by atoms with van der Waals surface area (Å²) in [6.07, 6.45) is 0.379. The van der Waals surface area contributed by atoms with Gasteiger partial charge in [-0.3, -0.25) is 14.9 Å². The number of rotatable bonds is 7. The molecule has 1 unspecified atom stereocenters. The fourth-order valence-corrected chi connectivity index (χ4v) is 1.55. The Bertz CT molecular complexity index is 435. The molecule has 0 saturated carbocycles. The number of hydrogen-bond donors (Lipinski definition) is 3. The minimum atomic E-state index is -1.19. The molecular weight excluding hydrogens is 240 g/mol. The first-order valence-corrected chi connectivity index (χ1v) is 5.38. The van der Waals surface area contributed by atoms with Crippen molar-refractivity contribution in [1.29, 1.82) is 0 Å². The van der Waals surface area contributed by atoms with Crippen LogP contribution in [0.2, 0.25) is 0 Å². The lowest BCUT2D eigenvalue weighted by Gasteiger charge is -2.14. The number of aliphatic hydroxyl groups is 1. The summed E-state index contributed by atoms with van der Waals surface area (Å²) in [7, 11) is 0. The zero-order valence-electron chi connectivity index (χ0n) is 9.57. The van der Waals surface area contributed by atoms with Gasteiger partial charge in [-0.2, -0.15) is 0 Å². The Morgan fingerprint density at radius 3 is 2.67 bits per heavy atom. The van der Waals surface area contributed by atoms with Crippen LogP contribution in [0.25, 0.3) is 0 Å². The number of para-hydroxylation sites is 1. The first-order chi connectivity index (χ1) is 8.57. The van der Waals surface area contributed by atoms with Crippen LogP contribution in [0.15, 0.2) is 24.3 Å². The molecule has 7 nitrogen and oxygen atoms in total. The smallest absolute Gasteiger partial charge is 0.325 e. The number of carboxylic acid groups (broad SMARTS) is 1. The van der Waals surface area contributed by atoms with E-state index >= 15 is 0 Å². The molecule has 98 valence electrons. The van der Waals surface area contributed by atoms with Crippen LogP contribution in [-0.2, 0) is 4.79 Å². The molecule has 3 N–H and O–H groups in total. The normalized spacial score (nSPS) is 12.1. The second kappa shape index (κ2) is 6.67. The van der Waals surface area contributed by atoms with Crippen LogP contribution in [0.4, 0.5) is 5.69 Å². The van der Waals surface area contributed by atoms with Gasteiger partial charge in [0.1, 0.15) is 6.04 Å². The SMILES string of the molecule is O=C(O)C(NCCCO)c1ccccc1[N+](=O)[O-]. The van der Waals surface area contributed by atoms with Crippen molar-refractivity contribution in [1.82, 2.24) is 5.32 Å². The van der Waals surface area contributed by atoms with Gasteiger partial charge in [-0.25, -0.2) is 0 Å². The highest BCUT2D eigenvalue weighted by atomic mass is 16.6. The van der Waals surface area contributed by atoms with E-state index in [0.29, 0.717) is 6.42 Å². The molecular formula is C11H14N2O5. The van der Waals surface area contributed by atoms with E-state index < -0.39 is 16.9 Å². The third-order valence-corrected chi connectivity index (χ3v) is 2.37. The van der Waals surface area contributed by atoms with Crippen LogP contribution in [0.3, 0.4) is 0 Å². The molecule has 0 aliphatic rings. The van der Waals surface area contributed by atoms with Gasteiger partial charge in [0.2, 0.25) is 0 Å². The molecule has 7 heteroatoms. The Labute approximate surface area is 103 Å². The largest absolute Gasteiger partial charge is 0.480 e. The number of hydrogen-bond acceptors (Lipinski definition) is 5. The van der Waals surface area contributed by atoms with Crippen LogP contribution >= 0.6 is 0 Å². The minimum Gasteiger partial charge on any atom is -0.480 e. The molecule has 18 heavy (non-hydrogen) atoms. The molecule has 0 heterocycles. The standard InChI is InChI=1S/C11H14N2O5/c14-7-3-6-12-10(11(15)16)8-4-1-2-5-9(8)13(17)18/h1-2,4-5,10,12,14H,3,6-7H2,(H,15,16). The van der Waals surface area contributed by atoms with Gasteiger partial charge in [0.05, 0.1) is 10.5 Å². The Morgan fingerprint density at radius 1 is 1.44 bits per heavy atom. The summed E-state index contributed by atoms with van der Waals surface area (Å²) in [5.41, 5.74) is -0.130. The molecule has 0 aliphatic carbocycles. The van der Waals surface area contributed by atoms with E-state index in [4.69, 9.17) is 10.2 Å². The molecule has 0 fully saturated rings. The van der Waals surface area contributed by atoms with Crippen LogP contribution in [0, 0.1) is 10.1 Å². The number of nitro groups is 1. The number of aliphatic carboxylic acids is 1. The summed E-state index contributed by atoms with van der Waals surface area (Å²) in [4.78, 5) is 21.3. The summed E-state index contributed by atoms with van der Waals surface area (Å²) in [6.45, 7) is 0.190. The van der Waals surface area contributed by atoms with E-state index in [1.165, 1.54) is 18.2 Å². The van der Waals surface area contributed by atoms with Crippen LogP contribution in [-0.4, -0.2) is 34.3 Å². The van der Waals surface area contributed by atoms with Crippen molar-refractivity contribution in [3.63, 3.8) is 0 Å². The average Bonchev–Trinajstić information content (AvgIpc) is 2.34. The molecule has 0 bridgehead atoms. The molecule has 0 amide bonds. The molecule has 1 rings (SSSR count). The molecule has 1 atom stereocenters. The zero-order valence-corrected chi connectivity index (χ0v) is 9.57. The maximum atomic E-state index is 11.1. The van der Waals surface area contributed by atoms with Crippen molar-refractivity contribution in [2.75, 3.05) is 13.2 Å². The molecule has 0 saturated heterocycles.